The van der Waals surface area contributed by atoms with Crippen LogP contribution in [0, 0.1) is 0 Å². The summed E-state index contributed by atoms with van der Waals surface area (Å²) >= 11 is 3.28. The van der Waals surface area contributed by atoms with E-state index in [9.17, 15) is 13.2 Å². The second-order valence-corrected chi connectivity index (χ2v) is 7.82. The van der Waals surface area contributed by atoms with E-state index in [4.69, 9.17) is 0 Å². The molecule has 1 unspecified atom stereocenters. The molecule has 0 bridgehead atoms. The lowest BCUT2D eigenvalue weighted by molar-refractivity contribution is -0.140. The molecule has 6 nitrogen and oxygen atoms in total. The van der Waals surface area contributed by atoms with Gasteiger partial charge in [0.15, 0.2) is 0 Å². The first-order chi connectivity index (χ1) is 10.4. The van der Waals surface area contributed by atoms with Gasteiger partial charge < -0.3 is 9.64 Å². The van der Waals surface area contributed by atoms with Gasteiger partial charge in [0.2, 0.25) is 10.0 Å². The molecule has 1 aliphatic rings. The second kappa shape index (κ2) is 7.54. The molecule has 1 N–H and O–H groups in total. The van der Waals surface area contributed by atoms with E-state index in [0.717, 1.165) is 17.4 Å². The molecule has 1 atom stereocenters. The molecule has 0 aliphatic carbocycles. The molecule has 0 amide bonds. The van der Waals surface area contributed by atoms with E-state index in [0.29, 0.717) is 19.5 Å². The van der Waals surface area contributed by atoms with Gasteiger partial charge in [0.25, 0.3) is 0 Å². The van der Waals surface area contributed by atoms with Gasteiger partial charge in [-0.2, -0.15) is 0 Å². The standard InChI is InChI=1S/C14H19BrN2O4S/c1-21-14(18)7-9-17-8-6-12(10-17)16-22(19,20)13-4-2-11(15)3-5-13/h2-5,12,16H,6-10H2,1H3. The van der Waals surface area contributed by atoms with E-state index in [1.165, 1.54) is 7.11 Å². The Bertz CT molecular complexity index is 618. The number of nitrogens with zero attached hydrogens (tertiary/aromatic N) is 1. The van der Waals surface area contributed by atoms with Gasteiger partial charge in [-0.1, -0.05) is 15.9 Å². The highest BCUT2D eigenvalue weighted by atomic mass is 79.9. The van der Waals surface area contributed by atoms with Gasteiger partial charge in [0.1, 0.15) is 0 Å². The number of methoxy groups -OCH3 is 1. The molecule has 0 spiro atoms. The van der Waals surface area contributed by atoms with Crippen LogP contribution in [0.2, 0.25) is 0 Å². The minimum absolute atomic E-state index is 0.133. The Kier molecular flexibility index (Phi) is 5.96. The van der Waals surface area contributed by atoms with Crippen molar-refractivity contribution in [2.24, 2.45) is 0 Å². The molecule has 8 heteroatoms. The second-order valence-electron chi connectivity index (χ2n) is 5.19. The van der Waals surface area contributed by atoms with Crippen LogP contribution in [0.1, 0.15) is 12.8 Å². The third-order valence-electron chi connectivity index (χ3n) is 3.58. The van der Waals surface area contributed by atoms with E-state index in [1.54, 1.807) is 24.3 Å². The van der Waals surface area contributed by atoms with Crippen molar-refractivity contribution >= 4 is 31.9 Å². The Labute approximate surface area is 139 Å². The van der Waals surface area contributed by atoms with Crippen LogP contribution in [0.15, 0.2) is 33.6 Å². The fourth-order valence-corrected chi connectivity index (χ4v) is 3.91. The lowest BCUT2D eigenvalue weighted by atomic mass is 10.3. The van der Waals surface area contributed by atoms with Crippen LogP contribution in [0.3, 0.4) is 0 Å². The Balaban J connectivity index is 1.89. The summed E-state index contributed by atoms with van der Waals surface area (Å²) in [5.74, 6) is -0.251. The number of esters is 1. The Hall–Kier alpha value is -0.960. The predicted molar refractivity (Wildman–Crippen MR) is 85.9 cm³/mol. The number of rotatable bonds is 6. The van der Waals surface area contributed by atoms with Crippen LogP contribution in [0.5, 0.6) is 0 Å². The third kappa shape index (κ3) is 4.77. The summed E-state index contributed by atoms with van der Waals surface area (Å²) in [5.41, 5.74) is 0. The quantitative estimate of drug-likeness (QED) is 0.742. The largest absolute Gasteiger partial charge is 0.469 e. The molecule has 2 rings (SSSR count). The van der Waals surface area contributed by atoms with E-state index in [1.807, 2.05) is 0 Å². The predicted octanol–water partition coefficient (Wildman–Crippen LogP) is 1.36. The molecule has 1 fully saturated rings. The number of ether oxygens (including phenoxy) is 1. The summed E-state index contributed by atoms with van der Waals surface area (Å²) in [6.07, 6.45) is 1.06. The summed E-state index contributed by atoms with van der Waals surface area (Å²) < 4.78 is 32.8. The van der Waals surface area contributed by atoms with Crippen LogP contribution >= 0.6 is 15.9 Å². The highest BCUT2D eigenvalue weighted by Crippen LogP contribution is 2.17. The van der Waals surface area contributed by atoms with Crippen molar-refractivity contribution in [3.63, 3.8) is 0 Å². The number of benzene rings is 1. The zero-order chi connectivity index (χ0) is 16.2. The maximum absolute atomic E-state index is 12.3. The molecule has 1 saturated heterocycles. The molecule has 122 valence electrons. The van der Waals surface area contributed by atoms with Gasteiger partial charge in [-0.05, 0) is 37.2 Å². The molecule has 1 heterocycles. The molecule has 0 saturated carbocycles. The van der Waals surface area contributed by atoms with Gasteiger partial charge in [-0.15, -0.1) is 0 Å². The highest BCUT2D eigenvalue weighted by molar-refractivity contribution is 9.10. The summed E-state index contributed by atoms with van der Waals surface area (Å²) in [4.78, 5) is 13.4. The number of nitrogens with one attached hydrogen (secondary N) is 1. The smallest absolute Gasteiger partial charge is 0.306 e. The van der Waals surface area contributed by atoms with Crippen molar-refractivity contribution in [3.8, 4) is 0 Å². The normalized spacial score (nSPS) is 19.3. The molecular formula is C14H19BrN2O4S. The van der Waals surface area contributed by atoms with Crippen molar-refractivity contribution in [1.82, 2.24) is 9.62 Å². The number of hydrogen-bond acceptors (Lipinski definition) is 5. The van der Waals surface area contributed by atoms with Crippen LogP contribution in [-0.4, -0.2) is 52.1 Å². The molecule has 1 aliphatic heterocycles. The van der Waals surface area contributed by atoms with Crippen molar-refractivity contribution in [2.45, 2.75) is 23.8 Å². The SMILES string of the molecule is COC(=O)CCN1CCC(NS(=O)(=O)c2ccc(Br)cc2)C1. The van der Waals surface area contributed by atoms with E-state index in [2.05, 4.69) is 30.3 Å². The molecule has 0 aromatic heterocycles. The number of carbonyl (C=O) groups excluding carboxylic acids is 1. The molecule has 0 radical (unpaired) electrons. The minimum Gasteiger partial charge on any atom is -0.469 e. The molecule has 1 aromatic rings. The first kappa shape index (κ1) is 17.4. The summed E-state index contributed by atoms with van der Waals surface area (Å²) in [6.45, 7) is 1.96. The fraction of sp³-hybridized carbons (Fsp3) is 0.500. The average Bonchev–Trinajstić information content (AvgIpc) is 2.92. The van der Waals surface area contributed by atoms with E-state index in [-0.39, 0.29) is 16.9 Å². The third-order valence-corrected chi connectivity index (χ3v) is 5.64. The van der Waals surface area contributed by atoms with Crippen molar-refractivity contribution in [1.29, 1.82) is 0 Å². The van der Waals surface area contributed by atoms with Crippen molar-refractivity contribution < 1.29 is 17.9 Å². The van der Waals surface area contributed by atoms with Gasteiger partial charge >= 0.3 is 5.97 Å². The maximum Gasteiger partial charge on any atom is 0.306 e. The molecule has 22 heavy (non-hydrogen) atoms. The summed E-state index contributed by atoms with van der Waals surface area (Å²) in [6, 6.07) is 6.40. The topological polar surface area (TPSA) is 75.7 Å². The average molecular weight is 391 g/mol. The number of likely N-dealkylation sites (tertiary alicyclic amines) is 1. The molecule has 1 aromatic carbocycles. The Morgan fingerprint density at radius 3 is 2.73 bits per heavy atom. The molecular weight excluding hydrogens is 372 g/mol. The number of halogens is 1. The van der Waals surface area contributed by atoms with Crippen LogP contribution in [0.25, 0.3) is 0 Å². The van der Waals surface area contributed by atoms with Gasteiger partial charge in [-0.3, -0.25) is 4.79 Å². The lowest BCUT2D eigenvalue weighted by Crippen LogP contribution is -2.37. The number of hydrogen-bond donors (Lipinski definition) is 1. The van der Waals surface area contributed by atoms with Crippen LogP contribution in [-0.2, 0) is 19.6 Å². The maximum atomic E-state index is 12.3. The van der Waals surface area contributed by atoms with Gasteiger partial charge in [-0.25, -0.2) is 13.1 Å². The number of carbonyl (C=O) groups is 1. The summed E-state index contributed by atoms with van der Waals surface area (Å²) in [5, 5.41) is 0. The van der Waals surface area contributed by atoms with Crippen LogP contribution in [0.4, 0.5) is 0 Å². The van der Waals surface area contributed by atoms with Gasteiger partial charge in [0.05, 0.1) is 18.4 Å². The minimum atomic E-state index is -3.51. The zero-order valence-corrected chi connectivity index (χ0v) is 14.7. The zero-order valence-electron chi connectivity index (χ0n) is 12.3. The fourth-order valence-electron chi connectivity index (χ4n) is 2.38. The first-order valence-electron chi connectivity index (χ1n) is 6.98. The first-order valence-corrected chi connectivity index (χ1v) is 9.25. The van der Waals surface area contributed by atoms with Crippen molar-refractivity contribution in [2.75, 3.05) is 26.7 Å². The Morgan fingerprint density at radius 1 is 1.41 bits per heavy atom. The van der Waals surface area contributed by atoms with Gasteiger partial charge in [0, 0.05) is 23.6 Å². The van der Waals surface area contributed by atoms with Crippen LogP contribution < -0.4 is 4.72 Å². The lowest BCUT2D eigenvalue weighted by Gasteiger charge is -2.16. The summed E-state index contributed by atoms with van der Waals surface area (Å²) in [7, 11) is -2.15. The van der Waals surface area contributed by atoms with E-state index < -0.39 is 10.0 Å². The highest BCUT2D eigenvalue weighted by Gasteiger charge is 2.27. The van der Waals surface area contributed by atoms with Crippen molar-refractivity contribution in [3.05, 3.63) is 28.7 Å². The van der Waals surface area contributed by atoms with E-state index >= 15 is 0 Å². The monoisotopic (exact) mass is 390 g/mol. The number of sulfonamides is 1. The Morgan fingerprint density at radius 2 is 2.09 bits per heavy atom.